The van der Waals surface area contributed by atoms with E-state index in [9.17, 15) is 9.59 Å². The molecule has 33 heavy (non-hydrogen) atoms. The maximum atomic E-state index is 11.3. The molecule has 0 aliphatic heterocycles. The molecule has 5 heteroatoms. The molecule has 5 nitrogen and oxygen atoms in total. The van der Waals surface area contributed by atoms with Crippen LogP contribution in [0.4, 0.5) is 5.69 Å². The molecular formula is C28H49NO4. The SMILES string of the molecule is CCCCCCCCCCCCCCCC(=O)OCCC.CCOC(=O)c1ccccc1N. The van der Waals surface area contributed by atoms with Gasteiger partial charge in [0.15, 0.2) is 0 Å². The Hall–Kier alpha value is -2.04. The van der Waals surface area contributed by atoms with E-state index in [0.717, 1.165) is 12.8 Å². The summed E-state index contributed by atoms with van der Waals surface area (Å²) >= 11 is 0. The fourth-order valence-electron chi connectivity index (χ4n) is 3.47. The molecule has 0 saturated carbocycles. The number of hydrogen-bond donors (Lipinski definition) is 1. The summed E-state index contributed by atoms with van der Waals surface area (Å²) in [6.07, 6.45) is 19.0. The number of nitrogens with two attached hydrogens (primary N) is 1. The van der Waals surface area contributed by atoms with Crippen molar-refractivity contribution < 1.29 is 19.1 Å². The molecule has 0 atom stereocenters. The van der Waals surface area contributed by atoms with Crippen molar-refractivity contribution in [1.82, 2.24) is 0 Å². The van der Waals surface area contributed by atoms with E-state index in [1.165, 1.54) is 77.0 Å². The van der Waals surface area contributed by atoms with Crippen LogP contribution in [0.2, 0.25) is 0 Å². The average molecular weight is 464 g/mol. The summed E-state index contributed by atoms with van der Waals surface area (Å²) in [5, 5.41) is 0. The van der Waals surface area contributed by atoms with Crippen LogP contribution in [-0.2, 0) is 14.3 Å². The van der Waals surface area contributed by atoms with Gasteiger partial charge in [-0.05, 0) is 31.9 Å². The maximum absolute atomic E-state index is 11.3. The average Bonchev–Trinajstić information content (AvgIpc) is 2.81. The largest absolute Gasteiger partial charge is 0.466 e. The number of para-hydroxylation sites is 1. The van der Waals surface area contributed by atoms with E-state index in [-0.39, 0.29) is 11.9 Å². The number of anilines is 1. The summed E-state index contributed by atoms with van der Waals surface area (Å²) in [6, 6.07) is 6.85. The first-order valence-corrected chi connectivity index (χ1v) is 13.2. The molecule has 190 valence electrons. The van der Waals surface area contributed by atoms with E-state index < -0.39 is 0 Å². The molecule has 2 N–H and O–H groups in total. The third kappa shape index (κ3) is 19.2. The molecule has 0 unspecified atom stereocenters. The lowest BCUT2D eigenvalue weighted by Gasteiger charge is -2.04. The zero-order chi connectivity index (χ0) is 24.6. The van der Waals surface area contributed by atoms with Crippen LogP contribution in [0.5, 0.6) is 0 Å². The predicted octanol–water partition coefficient (Wildman–Crippen LogP) is 7.87. The van der Waals surface area contributed by atoms with Gasteiger partial charge in [-0.2, -0.15) is 0 Å². The second-order valence-electron chi connectivity index (χ2n) is 8.52. The Morgan fingerprint density at radius 1 is 0.697 bits per heavy atom. The van der Waals surface area contributed by atoms with E-state index >= 15 is 0 Å². The Balaban J connectivity index is 0.000000716. The topological polar surface area (TPSA) is 78.6 Å². The van der Waals surface area contributed by atoms with Crippen molar-refractivity contribution in [3.05, 3.63) is 29.8 Å². The molecule has 0 amide bonds. The minimum atomic E-state index is -0.365. The predicted molar refractivity (Wildman–Crippen MR) is 138 cm³/mol. The number of esters is 2. The van der Waals surface area contributed by atoms with Gasteiger partial charge in [-0.15, -0.1) is 0 Å². The lowest BCUT2D eigenvalue weighted by atomic mass is 10.0. The van der Waals surface area contributed by atoms with Gasteiger partial charge in [0.1, 0.15) is 0 Å². The Morgan fingerprint density at radius 3 is 1.70 bits per heavy atom. The molecule has 0 saturated heterocycles. The number of ether oxygens (including phenoxy) is 2. The highest BCUT2D eigenvalue weighted by atomic mass is 16.5. The highest BCUT2D eigenvalue weighted by Crippen LogP contribution is 2.13. The summed E-state index contributed by atoms with van der Waals surface area (Å²) in [5.74, 6) is -0.379. The molecule has 0 aliphatic rings. The van der Waals surface area contributed by atoms with Gasteiger partial charge in [0.2, 0.25) is 0 Å². The van der Waals surface area contributed by atoms with Crippen molar-refractivity contribution in [1.29, 1.82) is 0 Å². The van der Waals surface area contributed by atoms with Crippen molar-refractivity contribution in [3.63, 3.8) is 0 Å². The van der Waals surface area contributed by atoms with Crippen LogP contribution in [0.25, 0.3) is 0 Å². The molecule has 0 fully saturated rings. The second kappa shape index (κ2) is 23.1. The Labute approximate surface area is 202 Å². The molecule has 1 rings (SSSR count). The van der Waals surface area contributed by atoms with Crippen molar-refractivity contribution in [2.75, 3.05) is 18.9 Å². The number of benzene rings is 1. The molecule has 0 bridgehead atoms. The highest BCUT2D eigenvalue weighted by Gasteiger charge is 2.08. The number of carbonyl (C=O) groups is 2. The maximum Gasteiger partial charge on any atom is 0.340 e. The fourth-order valence-corrected chi connectivity index (χ4v) is 3.47. The molecule has 0 spiro atoms. The standard InChI is InChI=1S/C19H38O2.C9H11NO2/c1-3-5-6-7-8-9-10-11-12-13-14-15-16-17-19(20)21-18-4-2;1-2-12-9(11)7-5-3-4-6-8(7)10/h3-18H2,1-2H3;3-6H,2,10H2,1H3. The van der Waals surface area contributed by atoms with Gasteiger partial charge in [-0.3, -0.25) is 4.79 Å². The molecule has 0 radical (unpaired) electrons. The third-order valence-electron chi connectivity index (χ3n) is 5.41. The van der Waals surface area contributed by atoms with Gasteiger partial charge in [0.25, 0.3) is 0 Å². The fraction of sp³-hybridized carbons (Fsp3) is 0.714. The number of hydrogen-bond acceptors (Lipinski definition) is 5. The summed E-state index contributed by atoms with van der Waals surface area (Å²) in [6.45, 7) is 7.01. The van der Waals surface area contributed by atoms with Gasteiger partial charge in [-0.25, -0.2) is 4.79 Å². The van der Waals surface area contributed by atoms with Crippen LogP contribution in [-0.4, -0.2) is 25.2 Å². The lowest BCUT2D eigenvalue weighted by Crippen LogP contribution is -2.07. The summed E-state index contributed by atoms with van der Waals surface area (Å²) in [4.78, 5) is 22.4. The Bertz CT molecular complexity index is 603. The number of unbranched alkanes of at least 4 members (excludes halogenated alkanes) is 12. The minimum Gasteiger partial charge on any atom is -0.466 e. The monoisotopic (exact) mass is 463 g/mol. The van der Waals surface area contributed by atoms with Gasteiger partial charge >= 0.3 is 11.9 Å². The Morgan fingerprint density at radius 2 is 1.21 bits per heavy atom. The smallest absolute Gasteiger partial charge is 0.340 e. The highest BCUT2D eigenvalue weighted by molar-refractivity contribution is 5.94. The summed E-state index contributed by atoms with van der Waals surface area (Å²) in [5.41, 5.74) is 6.44. The van der Waals surface area contributed by atoms with Crippen molar-refractivity contribution in [2.24, 2.45) is 0 Å². The van der Waals surface area contributed by atoms with Gasteiger partial charge < -0.3 is 15.2 Å². The zero-order valence-corrected chi connectivity index (χ0v) is 21.5. The summed E-state index contributed by atoms with van der Waals surface area (Å²) < 4.78 is 9.85. The van der Waals surface area contributed by atoms with Crippen LogP contribution >= 0.6 is 0 Å². The minimum absolute atomic E-state index is 0.0140. The molecule has 0 aromatic heterocycles. The van der Waals surface area contributed by atoms with Crippen LogP contribution in [0.3, 0.4) is 0 Å². The molecule has 0 heterocycles. The first kappa shape index (κ1) is 31.0. The van der Waals surface area contributed by atoms with Crippen LogP contribution in [0.1, 0.15) is 127 Å². The first-order valence-electron chi connectivity index (χ1n) is 13.2. The van der Waals surface area contributed by atoms with Crippen molar-refractivity contribution >= 4 is 17.6 Å². The van der Waals surface area contributed by atoms with Gasteiger partial charge in [-0.1, -0.05) is 103 Å². The first-order chi connectivity index (χ1) is 16.1. The van der Waals surface area contributed by atoms with Crippen molar-refractivity contribution in [2.45, 2.75) is 117 Å². The lowest BCUT2D eigenvalue weighted by molar-refractivity contribution is -0.143. The molecule has 0 aliphatic carbocycles. The van der Waals surface area contributed by atoms with E-state index in [1.807, 2.05) is 6.92 Å². The third-order valence-corrected chi connectivity index (χ3v) is 5.41. The number of nitrogen functional groups attached to an aromatic ring is 1. The van der Waals surface area contributed by atoms with Gasteiger partial charge in [0.05, 0.1) is 18.8 Å². The van der Waals surface area contributed by atoms with E-state index in [4.69, 9.17) is 15.2 Å². The molecule has 1 aromatic carbocycles. The molecular weight excluding hydrogens is 414 g/mol. The summed E-state index contributed by atoms with van der Waals surface area (Å²) in [7, 11) is 0. The van der Waals surface area contributed by atoms with Crippen molar-refractivity contribution in [3.8, 4) is 0 Å². The van der Waals surface area contributed by atoms with Crippen LogP contribution < -0.4 is 5.73 Å². The molecule has 1 aromatic rings. The van der Waals surface area contributed by atoms with Crippen LogP contribution in [0.15, 0.2) is 24.3 Å². The number of rotatable bonds is 18. The zero-order valence-electron chi connectivity index (χ0n) is 21.5. The normalized spacial score (nSPS) is 10.3. The van der Waals surface area contributed by atoms with E-state index in [0.29, 0.717) is 30.9 Å². The van der Waals surface area contributed by atoms with E-state index in [2.05, 4.69) is 6.92 Å². The quantitative estimate of drug-likeness (QED) is 0.136. The second-order valence-corrected chi connectivity index (χ2v) is 8.52. The van der Waals surface area contributed by atoms with E-state index in [1.54, 1.807) is 31.2 Å². The van der Waals surface area contributed by atoms with Gasteiger partial charge in [0, 0.05) is 12.1 Å². The van der Waals surface area contributed by atoms with Crippen LogP contribution in [0, 0.1) is 0 Å². The Kier molecular flexibility index (Phi) is 21.7. The number of carbonyl (C=O) groups excluding carboxylic acids is 2.